The van der Waals surface area contributed by atoms with Gasteiger partial charge in [-0.05, 0) is 37.5 Å². The van der Waals surface area contributed by atoms with Crippen LogP contribution in [-0.2, 0) is 11.2 Å². The molecule has 1 atom stereocenters. The van der Waals surface area contributed by atoms with E-state index in [0.717, 1.165) is 11.1 Å². The number of aryl methyl sites for hydroxylation is 2. The second kappa shape index (κ2) is 8.24. The van der Waals surface area contributed by atoms with Crippen molar-refractivity contribution in [1.29, 1.82) is 0 Å². The lowest BCUT2D eigenvalue weighted by Crippen LogP contribution is -2.34. The molecule has 2 rings (SSSR count). The summed E-state index contributed by atoms with van der Waals surface area (Å²) in [6.45, 7) is 3.52. The molecule has 2 N–H and O–H groups in total. The number of aliphatic carboxylic acids is 1. The van der Waals surface area contributed by atoms with Gasteiger partial charge in [0, 0.05) is 12.6 Å². The van der Waals surface area contributed by atoms with Crippen molar-refractivity contribution in [3.8, 4) is 0 Å². The van der Waals surface area contributed by atoms with Crippen LogP contribution in [0.1, 0.15) is 27.0 Å². The van der Waals surface area contributed by atoms with E-state index in [1.165, 1.54) is 12.1 Å². The van der Waals surface area contributed by atoms with Gasteiger partial charge in [-0.2, -0.15) is 0 Å². The highest BCUT2D eigenvalue weighted by Gasteiger charge is 2.23. The van der Waals surface area contributed by atoms with E-state index in [2.05, 4.69) is 5.32 Å². The monoisotopic (exact) mass is 356 g/mol. The molecule has 0 heterocycles. The zero-order chi connectivity index (χ0) is 19.3. The van der Waals surface area contributed by atoms with E-state index in [1.54, 1.807) is 13.0 Å². The average Bonchev–Trinajstić information content (AvgIpc) is 2.57. The van der Waals surface area contributed by atoms with Crippen LogP contribution in [0.3, 0.4) is 0 Å². The van der Waals surface area contributed by atoms with Gasteiger partial charge in [0.2, 0.25) is 0 Å². The van der Waals surface area contributed by atoms with E-state index in [1.807, 2.05) is 31.2 Å². The number of hydrogen-bond donors (Lipinski definition) is 2. The number of nitro benzene ring substituents is 1. The Kier molecular flexibility index (Phi) is 6.06. The molecule has 0 saturated carbocycles. The molecule has 1 unspecified atom stereocenters. The Morgan fingerprint density at radius 1 is 1.15 bits per heavy atom. The molecule has 0 fully saturated rings. The van der Waals surface area contributed by atoms with E-state index in [9.17, 15) is 24.8 Å². The SMILES string of the molecule is Cc1cccc(CC(CNC(=O)c2cc(C)ccc2[N+](=O)[O-])C(=O)O)c1. The number of carbonyl (C=O) groups excluding carboxylic acids is 1. The van der Waals surface area contributed by atoms with Gasteiger partial charge >= 0.3 is 5.97 Å². The summed E-state index contributed by atoms with van der Waals surface area (Å²) in [5.41, 5.74) is 2.20. The summed E-state index contributed by atoms with van der Waals surface area (Å²) in [7, 11) is 0. The maximum atomic E-state index is 12.3. The standard InChI is InChI=1S/C19H20N2O5/c1-12-4-3-5-14(8-12)10-15(19(23)24)11-20-18(22)16-9-13(2)6-7-17(16)21(25)26/h3-9,15H,10-11H2,1-2H3,(H,20,22)(H,23,24). The molecule has 26 heavy (non-hydrogen) atoms. The molecule has 2 aromatic rings. The van der Waals surface area contributed by atoms with Crippen LogP contribution in [-0.4, -0.2) is 28.5 Å². The minimum absolute atomic E-state index is 0.0744. The van der Waals surface area contributed by atoms with Crippen LogP contribution in [0.15, 0.2) is 42.5 Å². The van der Waals surface area contributed by atoms with Gasteiger partial charge in [-0.1, -0.05) is 35.9 Å². The van der Waals surface area contributed by atoms with Crippen molar-refractivity contribution in [3.63, 3.8) is 0 Å². The number of nitrogens with zero attached hydrogens (tertiary/aromatic N) is 1. The van der Waals surface area contributed by atoms with E-state index in [4.69, 9.17) is 0 Å². The van der Waals surface area contributed by atoms with Gasteiger partial charge in [-0.15, -0.1) is 0 Å². The lowest BCUT2D eigenvalue weighted by molar-refractivity contribution is -0.385. The van der Waals surface area contributed by atoms with Crippen molar-refractivity contribution in [2.24, 2.45) is 5.92 Å². The van der Waals surface area contributed by atoms with Gasteiger partial charge in [0.15, 0.2) is 0 Å². The van der Waals surface area contributed by atoms with E-state index in [-0.39, 0.29) is 24.2 Å². The normalized spacial score (nSPS) is 11.6. The van der Waals surface area contributed by atoms with Gasteiger partial charge in [0.05, 0.1) is 10.8 Å². The van der Waals surface area contributed by atoms with Gasteiger partial charge in [-0.3, -0.25) is 19.7 Å². The molecule has 136 valence electrons. The Morgan fingerprint density at radius 2 is 1.85 bits per heavy atom. The van der Waals surface area contributed by atoms with Crippen molar-refractivity contribution >= 4 is 17.6 Å². The lowest BCUT2D eigenvalue weighted by Gasteiger charge is -2.14. The molecule has 1 amide bonds. The van der Waals surface area contributed by atoms with Crippen LogP contribution in [0.4, 0.5) is 5.69 Å². The number of nitrogens with one attached hydrogen (secondary N) is 1. The average molecular weight is 356 g/mol. The van der Waals surface area contributed by atoms with Crippen molar-refractivity contribution < 1.29 is 19.6 Å². The summed E-state index contributed by atoms with van der Waals surface area (Å²) in [6, 6.07) is 11.7. The van der Waals surface area contributed by atoms with Gasteiger partial charge in [0.25, 0.3) is 11.6 Å². The number of carboxylic acid groups (broad SMARTS) is 1. The molecule has 0 spiro atoms. The molecule has 7 heteroatoms. The van der Waals surface area contributed by atoms with Gasteiger partial charge in [0.1, 0.15) is 5.56 Å². The van der Waals surface area contributed by atoms with Gasteiger partial charge in [-0.25, -0.2) is 0 Å². The number of nitro groups is 1. The largest absolute Gasteiger partial charge is 0.481 e. The van der Waals surface area contributed by atoms with E-state index >= 15 is 0 Å². The Hall–Kier alpha value is -3.22. The fraction of sp³-hybridized carbons (Fsp3) is 0.263. The van der Waals surface area contributed by atoms with Crippen molar-refractivity contribution in [3.05, 3.63) is 74.8 Å². The van der Waals surface area contributed by atoms with Gasteiger partial charge < -0.3 is 10.4 Å². The minimum Gasteiger partial charge on any atom is -0.481 e. The molecule has 0 aliphatic carbocycles. The number of amides is 1. The Bertz CT molecular complexity index is 848. The second-order valence-electron chi connectivity index (χ2n) is 6.22. The summed E-state index contributed by atoms with van der Waals surface area (Å²) in [6.07, 6.45) is 0.257. The highest BCUT2D eigenvalue weighted by Crippen LogP contribution is 2.20. The van der Waals surface area contributed by atoms with Crippen LogP contribution in [0.2, 0.25) is 0 Å². The number of hydrogen-bond acceptors (Lipinski definition) is 4. The summed E-state index contributed by atoms with van der Waals surface area (Å²) in [5.74, 6) is -2.52. The maximum absolute atomic E-state index is 12.3. The van der Waals surface area contributed by atoms with Crippen molar-refractivity contribution in [2.75, 3.05) is 6.54 Å². The molecular weight excluding hydrogens is 336 g/mol. The highest BCUT2D eigenvalue weighted by atomic mass is 16.6. The van der Waals surface area contributed by atoms with Crippen LogP contribution >= 0.6 is 0 Å². The highest BCUT2D eigenvalue weighted by molar-refractivity contribution is 5.98. The maximum Gasteiger partial charge on any atom is 0.308 e. The number of carbonyl (C=O) groups is 2. The fourth-order valence-corrected chi connectivity index (χ4v) is 2.67. The van der Waals surface area contributed by atoms with Crippen LogP contribution in [0, 0.1) is 29.9 Å². The molecule has 0 aromatic heterocycles. The molecule has 0 radical (unpaired) electrons. The molecule has 0 aliphatic heterocycles. The Labute approximate surface area is 150 Å². The third-order valence-electron chi connectivity index (χ3n) is 4.02. The predicted octanol–water partition coefficient (Wildman–Crippen LogP) is 2.88. The Balaban J connectivity index is 2.12. The summed E-state index contributed by atoms with van der Waals surface area (Å²) >= 11 is 0. The number of carboxylic acids is 1. The number of benzene rings is 2. The summed E-state index contributed by atoms with van der Waals surface area (Å²) in [4.78, 5) is 34.3. The molecule has 0 saturated heterocycles. The summed E-state index contributed by atoms with van der Waals surface area (Å²) < 4.78 is 0. The van der Waals surface area contributed by atoms with Crippen molar-refractivity contribution in [2.45, 2.75) is 20.3 Å². The molecule has 0 aliphatic rings. The topological polar surface area (TPSA) is 110 Å². The first kappa shape index (κ1) is 19.1. The first-order valence-corrected chi connectivity index (χ1v) is 8.09. The quantitative estimate of drug-likeness (QED) is 0.585. The third-order valence-corrected chi connectivity index (χ3v) is 4.02. The van der Waals surface area contributed by atoms with Crippen LogP contribution < -0.4 is 5.32 Å². The lowest BCUT2D eigenvalue weighted by atomic mass is 9.98. The van der Waals surface area contributed by atoms with Crippen LogP contribution in [0.5, 0.6) is 0 Å². The zero-order valence-corrected chi connectivity index (χ0v) is 14.6. The van der Waals surface area contributed by atoms with E-state index < -0.39 is 22.7 Å². The Morgan fingerprint density at radius 3 is 2.46 bits per heavy atom. The second-order valence-corrected chi connectivity index (χ2v) is 6.22. The number of rotatable bonds is 7. The molecular formula is C19H20N2O5. The summed E-state index contributed by atoms with van der Waals surface area (Å²) in [5, 5.41) is 23.0. The zero-order valence-electron chi connectivity index (χ0n) is 14.6. The molecule has 7 nitrogen and oxygen atoms in total. The fourth-order valence-electron chi connectivity index (χ4n) is 2.67. The minimum atomic E-state index is -1.04. The first-order valence-electron chi connectivity index (χ1n) is 8.09. The predicted molar refractivity (Wildman–Crippen MR) is 96.2 cm³/mol. The van der Waals surface area contributed by atoms with Crippen molar-refractivity contribution in [1.82, 2.24) is 5.32 Å². The first-order chi connectivity index (χ1) is 12.3. The molecule has 2 aromatic carbocycles. The molecule has 0 bridgehead atoms. The van der Waals surface area contributed by atoms with Crippen LogP contribution in [0.25, 0.3) is 0 Å². The van der Waals surface area contributed by atoms with E-state index in [0.29, 0.717) is 5.56 Å². The third kappa shape index (κ3) is 4.89. The smallest absolute Gasteiger partial charge is 0.308 e.